The maximum absolute atomic E-state index is 13.9. The van der Waals surface area contributed by atoms with Crippen LogP contribution in [-0.4, -0.2) is 21.8 Å². The summed E-state index contributed by atoms with van der Waals surface area (Å²) in [6, 6.07) is 8.25. The number of sulfonamides is 2. The van der Waals surface area contributed by atoms with Crippen molar-refractivity contribution in [1.82, 2.24) is 0 Å². The zero-order chi connectivity index (χ0) is 24.7. The van der Waals surface area contributed by atoms with E-state index in [-0.39, 0.29) is 13.8 Å². The first-order valence-electron chi connectivity index (χ1n) is 8.41. The lowest BCUT2D eigenvalue weighted by molar-refractivity contribution is -0.387. The Bertz CT molecular complexity index is 1420. The summed E-state index contributed by atoms with van der Waals surface area (Å²) < 4.78 is 68.0. The summed E-state index contributed by atoms with van der Waals surface area (Å²) in [5, 5.41) is 10.2. The van der Waals surface area contributed by atoms with Gasteiger partial charge in [0.25, 0.3) is 20.0 Å². The molecular weight excluding hydrogens is 565 g/mol. The smallest absolute Gasteiger partial charge is 0.258 e. The van der Waals surface area contributed by atoms with Crippen molar-refractivity contribution in [3.8, 4) is 0 Å². The molecule has 0 unspecified atom stereocenters. The maximum atomic E-state index is 13.9. The maximum Gasteiger partial charge on any atom is 0.306 e. The van der Waals surface area contributed by atoms with Crippen LogP contribution in [0.2, 0.25) is 20.1 Å². The summed E-state index contributed by atoms with van der Waals surface area (Å²) in [6.45, 7) is 0. The molecule has 0 N–H and O–H groups in total. The average Bonchev–Trinajstić information content (AvgIpc) is 2.72. The molecule has 174 valence electrons. The number of hydrogen-bond acceptors (Lipinski definition) is 6. The van der Waals surface area contributed by atoms with Crippen molar-refractivity contribution < 1.29 is 26.1 Å². The van der Waals surface area contributed by atoms with Gasteiger partial charge in [0, 0.05) is 16.1 Å². The Hall–Kier alpha value is -2.15. The Balaban J connectivity index is 2.42. The first-order valence-corrected chi connectivity index (χ1v) is 12.8. The fraction of sp³-hybridized carbons (Fsp3) is 0. The van der Waals surface area contributed by atoms with E-state index in [2.05, 4.69) is 0 Å². The first kappa shape index (κ1) is 25.5. The van der Waals surface area contributed by atoms with Gasteiger partial charge in [0.2, 0.25) is 5.82 Å². The molecule has 33 heavy (non-hydrogen) atoms. The number of nitrogens with zero attached hydrogens (tertiary/aromatic N) is 2. The third-order valence-electron chi connectivity index (χ3n) is 4.12. The monoisotopic (exact) mass is 572 g/mol. The molecule has 15 heteroatoms. The van der Waals surface area contributed by atoms with Crippen molar-refractivity contribution in [1.29, 1.82) is 0 Å². The van der Waals surface area contributed by atoms with Crippen molar-refractivity contribution in [2.75, 3.05) is 3.71 Å². The van der Waals surface area contributed by atoms with E-state index in [1.165, 1.54) is 12.1 Å². The first-order chi connectivity index (χ1) is 15.3. The van der Waals surface area contributed by atoms with Crippen LogP contribution in [0.4, 0.5) is 15.8 Å². The number of anilines is 1. The lowest BCUT2D eigenvalue weighted by Crippen LogP contribution is -2.37. The molecule has 0 heterocycles. The zero-order valence-electron chi connectivity index (χ0n) is 15.7. The van der Waals surface area contributed by atoms with Crippen molar-refractivity contribution in [3.63, 3.8) is 0 Å². The van der Waals surface area contributed by atoms with Gasteiger partial charge in [0.1, 0.15) is 9.79 Å². The SMILES string of the molecule is O=[N+]([O-])c1cc(N(S(=O)(=O)c2cc(Cl)ccc2Cl)S(=O)(=O)c2cc(Cl)ccc2Cl)ccc1F. The van der Waals surface area contributed by atoms with Crippen molar-refractivity contribution in [2.24, 2.45) is 0 Å². The van der Waals surface area contributed by atoms with Gasteiger partial charge in [0.15, 0.2) is 0 Å². The molecule has 3 aromatic carbocycles. The van der Waals surface area contributed by atoms with E-state index < -0.39 is 62.0 Å². The molecule has 3 rings (SSSR count). The molecule has 0 bridgehead atoms. The number of rotatable bonds is 6. The lowest BCUT2D eigenvalue weighted by atomic mass is 10.3. The highest BCUT2D eigenvalue weighted by molar-refractivity contribution is 8.10. The highest BCUT2D eigenvalue weighted by atomic mass is 35.5. The quantitative estimate of drug-likeness (QED) is 0.266. The predicted molar refractivity (Wildman–Crippen MR) is 123 cm³/mol. The fourth-order valence-electron chi connectivity index (χ4n) is 2.69. The molecule has 8 nitrogen and oxygen atoms in total. The van der Waals surface area contributed by atoms with Crippen LogP contribution in [-0.2, 0) is 20.0 Å². The van der Waals surface area contributed by atoms with Crippen LogP contribution < -0.4 is 3.71 Å². The minimum Gasteiger partial charge on any atom is -0.258 e. The average molecular weight is 574 g/mol. The molecule has 0 saturated carbocycles. The Morgan fingerprint density at radius 2 is 1.21 bits per heavy atom. The minimum absolute atomic E-state index is 0.0961. The molecule has 0 aliphatic carbocycles. The van der Waals surface area contributed by atoms with E-state index in [9.17, 15) is 31.3 Å². The highest BCUT2D eigenvalue weighted by Crippen LogP contribution is 2.38. The van der Waals surface area contributed by atoms with Gasteiger partial charge in [-0.25, -0.2) is 0 Å². The van der Waals surface area contributed by atoms with Gasteiger partial charge in [-0.2, -0.15) is 24.9 Å². The number of halogens is 5. The third-order valence-corrected chi connectivity index (χ3v) is 9.73. The van der Waals surface area contributed by atoms with Crippen LogP contribution in [0.3, 0.4) is 0 Å². The van der Waals surface area contributed by atoms with Gasteiger partial charge in [-0.15, -0.1) is 0 Å². The second kappa shape index (κ2) is 9.24. The number of nitro benzene ring substituents is 1. The van der Waals surface area contributed by atoms with E-state index in [0.717, 1.165) is 30.3 Å². The second-order valence-electron chi connectivity index (χ2n) is 6.25. The van der Waals surface area contributed by atoms with Gasteiger partial charge < -0.3 is 0 Å². The van der Waals surface area contributed by atoms with Gasteiger partial charge in [-0.3, -0.25) is 10.1 Å². The number of benzene rings is 3. The molecule has 0 atom stereocenters. The third kappa shape index (κ3) is 4.88. The molecule has 0 fully saturated rings. The summed E-state index contributed by atoms with van der Waals surface area (Å²) in [7, 11) is -10.2. The summed E-state index contributed by atoms with van der Waals surface area (Å²) in [5.74, 6) is -1.32. The Morgan fingerprint density at radius 1 is 0.758 bits per heavy atom. The van der Waals surface area contributed by atoms with Crippen LogP contribution in [0.1, 0.15) is 0 Å². The minimum atomic E-state index is -5.12. The number of nitro groups is 1. The molecule has 0 amide bonds. The van der Waals surface area contributed by atoms with Crippen molar-refractivity contribution >= 4 is 77.8 Å². The summed E-state index contributed by atoms with van der Waals surface area (Å²) in [4.78, 5) is 8.60. The molecule has 0 radical (unpaired) electrons. The summed E-state index contributed by atoms with van der Waals surface area (Å²) in [6.07, 6.45) is 0. The van der Waals surface area contributed by atoms with E-state index in [1.807, 2.05) is 0 Å². The summed E-state index contributed by atoms with van der Waals surface area (Å²) >= 11 is 23.7. The molecule has 0 aliphatic rings. The molecule has 3 aromatic rings. The number of hydrogen-bond donors (Lipinski definition) is 0. The van der Waals surface area contributed by atoms with Crippen LogP contribution >= 0.6 is 46.4 Å². The Morgan fingerprint density at radius 3 is 1.64 bits per heavy atom. The van der Waals surface area contributed by atoms with Crippen molar-refractivity contribution in [2.45, 2.75) is 9.79 Å². The highest BCUT2D eigenvalue weighted by Gasteiger charge is 2.40. The van der Waals surface area contributed by atoms with Crippen LogP contribution in [0.5, 0.6) is 0 Å². The molecule has 0 aliphatic heterocycles. The fourth-order valence-corrected chi connectivity index (χ4v) is 7.82. The van der Waals surface area contributed by atoms with Crippen LogP contribution in [0.25, 0.3) is 0 Å². The normalized spacial score (nSPS) is 11.9. The molecule has 0 spiro atoms. The van der Waals surface area contributed by atoms with Gasteiger partial charge in [0.05, 0.1) is 20.7 Å². The molecule has 0 saturated heterocycles. The largest absolute Gasteiger partial charge is 0.306 e. The van der Waals surface area contributed by atoms with Gasteiger partial charge in [-0.1, -0.05) is 46.4 Å². The van der Waals surface area contributed by atoms with E-state index in [4.69, 9.17) is 46.4 Å². The second-order valence-corrected chi connectivity index (χ2v) is 11.7. The van der Waals surface area contributed by atoms with Crippen molar-refractivity contribution in [3.05, 3.63) is 90.6 Å². The van der Waals surface area contributed by atoms with Gasteiger partial charge in [-0.05, 0) is 48.5 Å². The zero-order valence-corrected chi connectivity index (χ0v) is 20.4. The topological polar surface area (TPSA) is 115 Å². The standard InChI is InChI=1S/C18H9Cl4FN2O6S2/c19-10-1-4-13(21)17(7-10)32(28,29)25(12-3-6-15(23)16(9-12)24(26)27)33(30,31)18-8-11(20)2-5-14(18)22/h1-9H. The lowest BCUT2D eigenvalue weighted by Gasteiger charge is -2.25. The molecular formula is C18H9Cl4FN2O6S2. The predicted octanol–water partition coefficient (Wildman–Crippen LogP) is 5.93. The van der Waals surface area contributed by atoms with Gasteiger partial charge >= 0.3 is 5.69 Å². The van der Waals surface area contributed by atoms with E-state index >= 15 is 0 Å². The van der Waals surface area contributed by atoms with Crippen LogP contribution in [0, 0.1) is 15.9 Å². The van der Waals surface area contributed by atoms with E-state index in [0.29, 0.717) is 12.1 Å². The Labute approximate surface area is 207 Å². The Kier molecular flexibility index (Phi) is 7.13. The molecule has 0 aromatic heterocycles. The van der Waals surface area contributed by atoms with E-state index in [1.54, 1.807) is 0 Å². The summed E-state index contributed by atoms with van der Waals surface area (Å²) in [5.41, 5.74) is -1.95. The van der Waals surface area contributed by atoms with Crippen LogP contribution in [0.15, 0.2) is 64.4 Å².